The molecule has 1 aromatic rings. The van der Waals surface area contributed by atoms with Gasteiger partial charge in [-0.05, 0) is 33.2 Å². The zero-order chi connectivity index (χ0) is 13.1. The van der Waals surface area contributed by atoms with Gasteiger partial charge < -0.3 is 9.63 Å². The first-order valence-electron chi connectivity index (χ1n) is 6.38. The van der Waals surface area contributed by atoms with Gasteiger partial charge in [-0.1, -0.05) is 11.6 Å². The van der Waals surface area contributed by atoms with E-state index in [9.17, 15) is 4.79 Å². The summed E-state index contributed by atoms with van der Waals surface area (Å²) in [7, 11) is 0. The van der Waals surface area contributed by atoms with Gasteiger partial charge in [-0.3, -0.25) is 9.69 Å². The van der Waals surface area contributed by atoms with Crippen LogP contribution in [-0.2, 0) is 11.2 Å². The van der Waals surface area contributed by atoms with E-state index in [4.69, 9.17) is 9.63 Å². The van der Waals surface area contributed by atoms with Gasteiger partial charge in [-0.25, -0.2) is 0 Å². The van der Waals surface area contributed by atoms with E-state index in [0.717, 1.165) is 19.4 Å². The van der Waals surface area contributed by atoms with E-state index in [2.05, 4.69) is 28.9 Å². The van der Waals surface area contributed by atoms with Crippen LogP contribution in [0.1, 0.15) is 50.9 Å². The third kappa shape index (κ3) is 2.87. The number of carbonyl (C=O) groups is 1. The molecule has 1 aliphatic rings. The Kier molecular flexibility index (Phi) is 3.96. The molecule has 1 saturated heterocycles. The molecule has 1 atom stereocenters. The Morgan fingerprint density at radius 3 is 3.00 bits per heavy atom. The first-order chi connectivity index (χ1) is 8.58. The Labute approximate surface area is 106 Å². The monoisotopic (exact) mass is 253 g/mol. The number of likely N-dealkylation sites (tertiary alicyclic amines) is 1. The van der Waals surface area contributed by atoms with Crippen LogP contribution >= 0.6 is 0 Å². The maximum atomic E-state index is 10.6. The lowest BCUT2D eigenvalue weighted by atomic mass is 10.0. The Morgan fingerprint density at radius 2 is 2.33 bits per heavy atom. The van der Waals surface area contributed by atoms with Gasteiger partial charge in [0.1, 0.15) is 6.42 Å². The molecule has 6 nitrogen and oxygen atoms in total. The van der Waals surface area contributed by atoms with Crippen molar-refractivity contribution in [3.05, 3.63) is 11.7 Å². The lowest BCUT2D eigenvalue weighted by Crippen LogP contribution is -2.38. The van der Waals surface area contributed by atoms with Crippen molar-refractivity contribution in [1.82, 2.24) is 15.0 Å². The number of carboxylic acid groups (broad SMARTS) is 1. The summed E-state index contributed by atoms with van der Waals surface area (Å²) in [6.07, 6.45) is 3.14. The van der Waals surface area contributed by atoms with Crippen LogP contribution in [0.2, 0.25) is 0 Å². The first kappa shape index (κ1) is 13.0. The zero-order valence-corrected chi connectivity index (χ0v) is 10.8. The molecule has 1 aliphatic heterocycles. The summed E-state index contributed by atoms with van der Waals surface area (Å²) < 4.78 is 5.22. The molecule has 1 fully saturated rings. The van der Waals surface area contributed by atoms with E-state index in [1.54, 1.807) is 0 Å². The van der Waals surface area contributed by atoms with Crippen LogP contribution in [0.4, 0.5) is 0 Å². The van der Waals surface area contributed by atoms with E-state index in [1.165, 1.54) is 6.42 Å². The van der Waals surface area contributed by atoms with Crippen molar-refractivity contribution >= 4 is 5.97 Å². The summed E-state index contributed by atoms with van der Waals surface area (Å²) in [5, 5.41) is 12.4. The zero-order valence-electron chi connectivity index (χ0n) is 10.8. The van der Waals surface area contributed by atoms with E-state index >= 15 is 0 Å². The molecule has 1 aromatic heterocycles. The summed E-state index contributed by atoms with van der Waals surface area (Å²) in [5.74, 6) is -0.127. The van der Waals surface area contributed by atoms with Gasteiger partial charge in [0.05, 0.1) is 6.04 Å². The summed E-state index contributed by atoms with van der Waals surface area (Å²) in [6, 6.07) is 0.555. The van der Waals surface area contributed by atoms with Crippen molar-refractivity contribution in [1.29, 1.82) is 0 Å². The standard InChI is InChI=1S/C12H19N3O3/c1-8(2)15-6-4-3-5-9(15)12-13-10(14-18-12)7-11(16)17/h8-9H,3-7H2,1-2H3,(H,16,17). The molecule has 0 aliphatic carbocycles. The molecule has 0 radical (unpaired) electrons. The van der Waals surface area contributed by atoms with Crippen molar-refractivity contribution in [2.75, 3.05) is 6.54 Å². The van der Waals surface area contributed by atoms with Crippen LogP contribution in [0.25, 0.3) is 0 Å². The van der Waals surface area contributed by atoms with Crippen LogP contribution in [0.5, 0.6) is 0 Å². The largest absolute Gasteiger partial charge is 0.481 e. The highest BCUT2D eigenvalue weighted by Gasteiger charge is 2.30. The van der Waals surface area contributed by atoms with Gasteiger partial charge in [0.15, 0.2) is 5.82 Å². The van der Waals surface area contributed by atoms with Gasteiger partial charge in [0, 0.05) is 6.04 Å². The predicted octanol–water partition coefficient (Wildman–Crippen LogP) is 1.63. The highest BCUT2D eigenvalue weighted by Crippen LogP contribution is 2.31. The number of hydrogen-bond acceptors (Lipinski definition) is 5. The van der Waals surface area contributed by atoms with Gasteiger partial charge in [-0.15, -0.1) is 0 Å². The molecule has 0 spiro atoms. The fraction of sp³-hybridized carbons (Fsp3) is 0.750. The second-order valence-electron chi connectivity index (χ2n) is 4.96. The van der Waals surface area contributed by atoms with Gasteiger partial charge in [-0.2, -0.15) is 4.98 Å². The summed E-state index contributed by atoms with van der Waals surface area (Å²) in [6.45, 7) is 5.32. The number of aliphatic carboxylic acids is 1. The second kappa shape index (κ2) is 5.48. The third-order valence-corrected chi connectivity index (χ3v) is 3.29. The Hall–Kier alpha value is -1.43. The number of carboxylic acids is 1. The van der Waals surface area contributed by atoms with Gasteiger partial charge in [0.2, 0.25) is 5.89 Å². The molecule has 100 valence electrons. The maximum absolute atomic E-state index is 10.6. The molecule has 1 N–H and O–H groups in total. The summed E-state index contributed by atoms with van der Waals surface area (Å²) in [5.41, 5.74) is 0. The molecule has 0 aromatic carbocycles. The fourth-order valence-electron chi connectivity index (χ4n) is 2.45. The Balaban J connectivity index is 2.13. The molecule has 0 saturated carbocycles. The minimum absolute atomic E-state index is 0.133. The van der Waals surface area contributed by atoms with Crippen LogP contribution < -0.4 is 0 Å². The quantitative estimate of drug-likeness (QED) is 0.878. The van der Waals surface area contributed by atoms with E-state index < -0.39 is 5.97 Å². The first-order valence-corrected chi connectivity index (χ1v) is 6.38. The van der Waals surface area contributed by atoms with Crippen LogP contribution in [0.15, 0.2) is 4.52 Å². The van der Waals surface area contributed by atoms with Crippen molar-refractivity contribution < 1.29 is 14.4 Å². The van der Waals surface area contributed by atoms with Crippen molar-refractivity contribution in [3.8, 4) is 0 Å². The summed E-state index contributed by atoms with van der Waals surface area (Å²) >= 11 is 0. The third-order valence-electron chi connectivity index (χ3n) is 3.29. The highest BCUT2D eigenvalue weighted by molar-refractivity contribution is 5.68. The highest BCUT2D eigenvalue weighted by atomic mass is 16.5. The van der Waals surface area contributed by atoms with Crippen molar-refractivity contribution in [2.45, 2.75) is 51.6 Å². The lowest BCUT2D eigenvalue weighted by molar-refractivity contribution is -0.136. The minimum Gasteiger partial charge on any atom is -0.481 e. The number of nitrogens with zero attached hydrogens (tertiary/aromatic N) is 3. The lowest BCUT2D eigenvalue weighted by Gasteiger charge is -2.36. The number of piperidine rings is 1. The number of aromatic nitrogens is 2. The average Bonchev–Trinajstić information content (AvgIpc) is 2.76. The average molecular weight is 253 g/mol. The minimum atomic E-state index is -0.938. The smallest absolute Gasteiger partial charge is 0.311 e. The molecule has 2 heterocycles. The molecular formula is C12H19N3O3. The molecule has 0 amide bonds. The molecule has 2 rings (SSSR count). The van der Waals surface area contributed by atoms with E-state index in [0.29, 0.717) is 11.9 Å². The SMILES string of the molecule is CC(C)N1CCCCC1c1nc(CC(=O)O)no1. The molecule has 0 bridgehead atoms. The second-order valence-corrected chi connectivity index (χ2v) is 4.96. The van der Waals surface area contributed by atoms with E-state index in [-0.39, 0.29) is 18.3 Å². The van der Waals surface area contributed by atoms with Gasteiger partial charge >= 0.3 is 5.97 Å². The van der Waals surface area contributed by atoms with Crippen LogP contribution in [0.3, 0.4) is 0 Å². The van der Waals surface area contributed by atoms with Crippen LogP contribution in [0, 0.1) is 0 Å². The Morgan fingerprint density at radius 1 is 1.56 bits per heavy atom. The maximum Gasteiger partial charge on any atom is 0.311 e. The Bertz CT molecular complexity index is 416. The van der Waals surface area contributed by atoms with Gasteiger partial charge in [0.25, 0.3) is 0 Å². The molecule has 6 heteroatoms. The predicted molar refractivity (Wildman–Crippen MR) is 64.1 cm³/mol. The topological polar surface area (TPSA) is 79.5 Å². The van der Waals surface area contributed by atoms with Crippen molar-refractivity contribution in [3.63, 3.8) is 0 Å². The number of hydrogen-bond donors (Lipinski definition) is 1. The number of rotatable bonds is 4. The fourth-order valence-corrected chi connectivity index (χ4v) is 2.45. The molecular weight excluding hydrogens is 234 g/mol. The summed E-state index contributed by atoms with van der Waals surface area (Å²) in [4.78, 5) is 17.1. The van der Waals surface area contributed by atoms with Crippen molar-refractivity contribution in [2.24, 2.45) is 0 Å². The van der Waals surface area contributed by atoms with Crippen LogP contribution in [-0.4, -0.2) is 38.7 Å². The van der Waals surface area contributed by atoms with E-state index in [1.807, 2.05) is 0 Å². The molecule has 18 heavy (non-hydrogen) atoms. The normalized spacial score (nSPS) is 21.4. The molecule has 1 unspecified atom stereocenters.